The molecule has 2 saturated carbocycles. The number of alkyl halides is 3. The van der Waals surface area contributed by atoms with Crippen LogP contribution in [0.1, 0.15) is 96.7 Å². The van der Waals surface area contributed by atoms with Gasteiger partial charge in [-0.1, -0.05) is 32.9 Å². The summed E-state index contributed by atoms with van der Waals surface area (Å²) in [5, 5.41) is 4.10. The maximum Gasteiger partial charge on any atom is 0.253 e. The number of rotatable bonds is 7. The van der Waals surface area contributed by atoms with Crippen LogP contribution in [0.2, 0.25) is 0 Å². The predicted molar refractivity (Wildman–Crippen MR) is 136 cm³/mol. The van der Waals surface area contributed by atoms with Crippen molar-refractivity contribution in [1.82, 2.24) is 19.9 Å². The van der Waals surface area contributed by atoms with E-state index in [0.717, 1.165) is 26.1 Å². The average molecular weight is 541 g/mol. The smallest absolute Gasteiger partial charge is 0.253 e. The third-order valence-corrected chi connectivity index (χ3v) is 8.91. The van der Waals surface area contributed by atoms with Crippen molar-refractivity contribution in [2.45, 2.75) is 115 Å². The Kier molecular flexibility index (Phi) is 7.61. The Morgan fingerprint density at radius 1 is 1.16 bits per heavy atom. The molecule has 4 fully saturated rings. The summed E-state index contributed by atoms with van der Waals surface area (Å²) in [5.41, 5.74) is -0.214. The van der Waals surface area contributed by atoms with Crippen LogP contribution in [0.4, 0.5) is 13.2 Å². The summed E-state index contributed by atoms with van der Waals surface area (Å²) in [4.78, 5) is 21.8. The van der Waals surface area contributed by atoms with E-state index >= 15 is 8.78 Å². The maximum absolute atomic E-state index is 15.1. The number of piperidine rings is 1. The summed E-state index contributed by atoms with van der Waals surface area (Å²) in [6.45, 7) is 12.1. The highest BCUT2D eigenvalue weighted by Gasteiger charge is 2.50. The van der Waals surface area contributed by atoms with E-state index in [-0.39, 0.29) is 41.6 Å². The summed E-state index contributed by atoms with van der Waals surface area (Å²) in [7, 11) is 0. The monoisotopic (exact) mass is 540 g/mol. The Morgan fingerprint density at radius 3 is 2.53 bits per heavy atom. The molecule has 0 aromatic carbocycles. The number of nitrogens with zero attached hydrogens (tertiary/aromatic N) is 4. The molecule has 2 aliphatic carbocycles. The first-order chi connectivity index (χ1) is 17.8. The molecule has 38 heavy (non-hydrogen) atoms. The number of likely N-dealkylation sites (tertiary alicyclic amines) is 2. The molecule has 0 spiro atoms. The molecule has 214 valence electrons. The SMILES string of the molecule is CC(C)(C)CN1CC[C@H](O[C@H]2CCCC(F)(F)[C@@H]2CC(=O)N2CCC(C)(c3noc([C@@H]4C[C@@H]4F)n3)CC2)C1. The van der Waals surface area contributed by atoms with Gasteiger partial charge in [0.2, 0.25) is 11.8 Å². The zero-order chi connectivity index (χ0) is 27.3. The topological polar surface area (TPSA) is 71.7 Å². The van der Waals surface area contributed by atoms with Crippen LogP contribution in [0, 0.1) is 11.3 Å². The Morgan fingerprint density at radius 2 is 1.87 bits per heavy atom. The summed E-state index contributed by atoms with van der Waals surface area (Å²) >= 11 is 0. The lowest BCUT2D eigenvalue weighted by atomic mass is 9.78. The van der Waals surface area contributed by atoms with Crippen LogP contribution in [0.25, 0.3) is 0 Å². The third-order valence-electron chi connectivity index (χ3n) is 8.91. The van der Waals surface area contributed by atoms with E-state index in [9.17, 15) is 9.18 Å². The highest BCUT2D eigenvalue weighted by atomic mass is 19.3. The largest absolute Gasteiger partial charge is 0.373 e. The Balaban J connectivity index is 1.16. The van der Waals surface area contributed by atoms with Crippen LogP contribution < -0.4 is 0 Å². The second kappa shape index (κ2) is 10.4. The fourth-order valence-electron chi connectivity index (χ4n) is 6.45. The molecule has 3 heterocycles. The Hall–Kier alpha value is -1.68. The van der Waals surface area contributed by atoms with Crippen molar-refractivity contribution in [3.63, 3.8) is 0 Å². The van der Waals surface area contributed by atoms with Gasteiger partial charge in [-0.05, 0) is 43.9 Å². The molecule has 5 atom stereocenters. The third kappa shape index (κ3) is 6.21. The minimum atomic E-state index is -2.91. The van der Waals surface area contributed by atoms with Crippen molar-refractivity contribution >= 4 is 5.91 Å². The van der Waals surface area contributed by atoms with Crippen molar-refractivity contribution in [2.24, 2.45) is 11.3 Å². The fourth-order valence-corrected chi connectivity index (χ4v) is 6.45. The lowest BCUT2D eigenvalue weighted by molar-refractivity contribution is -0.174. The van der Waals surface area contributed by atoms with Gasteiger partial charge < -0.3 is 19.1 Å². The number of halogens is 3. The zero-order valence-corrected chi connectivity index (χ0v) is 23.2. The normalized spacial score (nSPS) is 33.4. The van der Waals surface area contributed by atoms with E-state index in [4.69, 9.17) is 9.26 Å². The molecule has 1 aromatic heterocycles. The van der Waals surface area contributed by atoms with Gasteiger partial charge in [0, 0.05) is 51.0 Å². The van der Waals surface area contributed by atoms with Crippen LogP contribution >= 0.6 is 0 Å². The van der Waals surface area contributed by atoms with E-state index < -0.39 is 24.1 Å². The summed E-state index contributed by atoms with van der Waals surface area (Å²) < 4.78 is 55.3. The van der Waals surface area contributed by atoms with Crippen molar-refractivity contribution in [3.05, 3.63) is 11.7 Å². The summed E-state index contributed by atoms with van der Waals surface area (Å²) in [5.74, 6) is -3.64. The van der Waals surface area contributed by atoms with Gasteiger partial charge in [0.25, 0.3) is 5.92 Å². The highest BCUT2D eigenvalue weighted by Crippen LogP contribution is 2.45. The molecule has 0 N–H and O–H groups in total. The average Bonchev–Trinajstić information content (AvgIpc) is 3.20. The molecule has 7 nitrogen and oxygen atoms in total. The number of hydrogen-bond donors (Lipinski definition) is 0. The molecule has 0 bridgehead atoms. The minimum absolute atomic E-state index is 0.0623. The van der Waals surface area contributed by atoms with E-state index in [2.05, 4.69) is 35.8 Å². The molecule has 2 aliphatic heterocycles. The molecule has 0 radical (unpaired) electrons. The number of carbonyl (C=O) groups is 1. The Bertz CT molecular complexity index is 988. The van der Waals surface area contributed by atoms with E-state index in [1.807, 2.05) is 6.92 Å². The molecule has 1 aromatic rings. The summed E-state index contributed by atoms with van der Waals surface area (Å²) in [6, 6.07) is 0. The standard InChI is InChI=1S/C28H43F3N4O3/c1-26(2,3)17-34-11-7-18(16-34)37-22-6-5-8-28(30,31)20(22)15-23(36)35-12-9-27(4,10-13-35)25-32-24(38-33-25)19-14-21(19)29/h18-22H,5-17H2,1-4H3/t18-,19+,20+,21-,22-/m0/s1. The fraction of sp³-hybridized carbons (Fsp3) is 0.893. The minimum Gasteiger partial charge on any atom is -0.373 e. The van der Waals surface area contributed by atoms with Gasteiger partial charge in [-0.3, -0.25) is 4.79 Å². The molecular weight excluding hydrogens is 497 g/mol. The number of amides is 1. The van der Waals surface area contributed by atoms with Gasteiger partial charge in [0.1, 0.15) is 6.17 Å². The second-order valence-electron chi connectivity index (χ2n) is 13.6. The van der Waals surface area contributed by atoms with Crippen LogP contribution in [-0.4, -0.2) is 82.9 Å². The second-order valence-corrected chi connectivity index (χ2v) is 13.6. The lowest BCUT2D eigenvalue weighted by Crippen LogP contribution is -2.49. The molecule has 10 heteroatoms. The van der Waals surface area contributed by atoms with E-state index in [0.29, 0.717) is 56.9 Å². The van der Waals surface area contributed by atoms with Gasteiger partial charge in [0.15, 0.2) is 5.82 Å². The quantitative estimate of drug-likeness (QED) is 0.479. The van der Waals surface area contributed by atoms with Crippen molar-refractivity contribution in [1.29, 1.82) is 0 Å². The Labute approximate surface area is 223 Å². The van der Waals surface area contributed by atoms with Gasteiger partial charge in [-0.15, -0.1) is 0 Å². The number of aromatic nitrogens is 2. The van der Waals surface area contributed by atoms with Gasteiger partial charge >= 0.3 is 0 Å². The molecule has 5 rings (SSSR count). The molecule has 2 saturated heterocycles. The van der Waals surface area contributed by atoms with E-state index in [1.165, 1.54) is 0 Å². The lowest BCUT2D eigenvalue weighted by Gasteiger charge is -2.41. The highest BCUT2D eigenvalue weighted by molar-refractivity contribution is 5.76. The summed E-state index contributed by atoms with van der Waals surface area (Å²) in [6.07, 6.45) is 1.51. The number of hydrogen-bond acceptors (Lipinski definition) is 6. The van der Waals surface area contributed by atoms with Crippen LogP contribution in [0.15, 0.2) is 4.52 Å². The van der Waals surface area contributed by atoms with Gasteiger partial charge in [0.05, 0.1) is 24.0 Å². The van der Waals surface area contributed by atoms with Crippen molar-refractivity contribution in [3.8, 4) is 0 Å². The number of ether oxygens (including phenoxy) is 1. The molecular formula is C28H43F3N4O3. The van der Waals surface area contributed by atoms with Crippen LogP contribution in [0.3, 0.4) is 0 Å². The van der Waals surface area contributed by atoms with Gasteiger partial charge in [-0.2, -0.15) is 4.98 Å². The van der Waals surface area contributed by atoms with Crippen LogP contribution in [0.5, 0.6) is 0 Å². The maximum atomic E-state index is 15.1. The van der Waals surface area contributed by atoms with Crippen LogP contribution in [-0.2, 0) is 14.9 Å². The van der Waals surface area contributed by atoms with Crippen molar-refractivity contribution in [2.75, 3.05) is 32.7 Å². The first-order valence-electron chi connectivity index (χ1n) is 14.3. The van der Waals surface area contributed by atoms with Gasteiger partial charge in [-0.25, -0.2) is 13.2 Å². The zero-order valence-electron chi connectivity index (χ0n) is 23.2. The number of carbonyl (C=O) groups excluding carboxylic acids is 1. The van der Waals surface area contributed by atoms with Crippen molar-refractivity contribution < 1.29 is 27.2 Å². The first kappa shape index (κ1) is 27.9. The molecule has 4 aliphatic rings. The predicted octanol–water partition coefficient (Wildman–Crippen LogP) is 5.11. The molecule has 0 unspecified atom stereocenters. The van der Waals surface area contributed by atoms with E-state index in [1.54, 1.807) is 4.90 Å². The molecule has 1 amide bonds. The first-order valence-corrected chi connectivity index (χ1v) is 14.3.